The fourth-order valence-electron chi connectivity index (χ4n) is 3.25. The van der Waals surface area contributed by atoms with E-state index in [1.807, 2.05) is 12.2 Å². The molecule has 0 rings (SSSR count). The number of unbranched alkanes of at least 4 members (excludes halogenated alkanes) is 8. The van der Waals surface area contributed by atoms with E-state index in [1.54, 1.807) is 0 Å². The summed E-state index contributed by atoms with van der Waals surface area (Å²) in [6.45, 7) is 0.860. The van der Waals surface area contributed by atoms with Crippen LogP contribution in [-0.2, 0) is 14.4 Å². The van der Waals surface area contributed by atoms with Crippen molar-refractivity contribution in [1.29, 1.82) is 0 Å². The summed E-state index contributed by atoms with van der Waals surface area (Å²) in [5.41, 5.74) is 0. The number of carboxylic acid groups (broad SMARTS) is 3. The summed E-state index contributed by atoms with van der Waals surface area (Å²) in [4.78, 5) is 33.2. The topological polar surface area (TPSA) is 112 Å². The first-order valence-electron chi connectivity index (χ1n) is 9.97. The lowest BCUT2D eigenvalue weighted by Crippen LogP contribution is -2.57. The van der Waals surface area contributed by atoms with E-state index in [2.05, 4.69) is 6.92 Å². The highest BCUT2D eigenvalue weighted by Gasteiger charge is 2.35. The number of allylic oxidation sites excluding steroid dienone is 1. The molecule has 156 valence electrons. The second-order valence-corrected chi connectivity index (χ2v) is 7.24. The quantitative estimate of drug-likeness (QED) is 0.189. The molecule has 0 bridgehead atoms. The van der Waals surface area contributed by atoms with Gasteiger partial charge in [0.2, 0.25) is 0 Å². The van der Waals surface area contributed by atoms with Crippen LogP contribution in [0.25, 0.3) is 0 Å². The van der Waals surface area contributed by atoms with Crippen molar-refractivity contribution in [1.82, 2.24) is 0 Å². The molecule has 0 aromatic rings. The van der Waals surface area contributed by atoms with E-state index in [4.69, 9.17) is 15.3 Å². The molecule has 0 saturated carbocycles. The number of hydrogen-bond acceptors (Lipinski definition) is 3. The summed E-state index contributed by atoms with van der Waals surface area (Å²) in [5, 5.41) is 27.1. The van der Waals surface area contributed by atoms with Crippen LogP contribution in [0.3, 0.4) is 0 Å². The molecule has 0 aromatic heterocycles. The molecule has 0 atom stereocenters. The molecule has 0 saturated heterocycles. The number of quaternary nitrogens is 1. The van der Waals surface area contributed by atoms with E-state index in [0.29, 0.717) is 6.42 Å². The maximum Gasteiger partial charge on any atom is 0.359 e. The van der Waals surface area contributed by atoms with E-state index in [0.717, 1.165) is 12.8 Å². The SMILES string of the molecule is CCCCCCCCCC/C=C/CC[N+](CC(=O)O)(CC(=O)O)CC(=O)O. The number of nitrogens with zero attached hydrogens (tertiary/aromatic N) is 1. The second-order valence-electron chi connectivity index (χ2n) is 7.24. The molecular weight excluding hydrogens is 350 g/mol. The number of carbonyl (C=O) groups is 3. The van der Waals surface area contributed by atoms with Crippen molar-refractivity contribution in [2.45, 2.75) is 71.1 Å². The summed E-state index contributed by atoms with van der Waals surface area (Å²) in [6.07, 6.45) is 15.3. The summed E-state index contributed by atoms with van der Waals surface area (Å²) in [6, 6.07) is 0. The molecule has 0 amide bonds. The van der Waals surface area contributed by atoms with Gasteiger partial charge in [-0.3, -0.25) is 4.48 Å². The van der Waals surface area contributed by atoms with Crippen molar-refractivity contribution in [3.63, 3.8) is 0 Å². The normalized spacial score (nSPS) is 11.7. The number of aliphatic carboxylic acids is 3. The standard InChI is InChI=1S/C20H35NO6/c1-2-3-4-5-6-7-8-9-10-11-12-13-14-21(15-18(22)23,16-19(24)25)17-20(26)27/h11-12H,2-10,13-17H2,1H3,(H2-,22,23,24,25,26,27)/p+1/b12-11+. The minimum atomic E-state index is -1.19. The third kappa shape index (κ3) is 14.9. The van der Waals surface area contributed by atoms with E-state index < -0.39 is 42.0 Å². The molecule has 0 unspecified atom stereocenters. The Kier molecular flexibility index (Phi) is 14.1. The highest BCUT2D eigenvalue weighted by molar-refractivity contribution is 5.73. The average Bonchev–Trinajstić information content (AvgIpc) is 2.53. The van der Waals surface area contributed by atoms with Crippen LogP contribution < -0.4 is 0 Å². The fourth-order valence-corrected chi connectivity index (χ4v) is 3.25. The Morgan fingerprint density at radius 3 is 1.52 bits per heavy atom. The van der Waals surface area contributed by atoms with Gasteiger partial charge in [0.05, 0.1) is 6.54 Å². The van der Waals surface area contributed by atoms with E-state index >= 15 is 0 Å². The van der Waals surface area contributed by atoms with Gasteiger partial charge in [-0.1, -0.05) is 64.0 Å². The van der Waals surface area contributed by atoms with Crippen molar-refractivity contribution >= 4 is 17.9 Å². The third-order valence-electron chi connectivity index (χ3n) is 4.57. The minimum Gasteiger partial charge on any atom is -0.477 e. The summed E-state index contributed by atoms with van der Waals surface area (Å²) >= 11 is 0. The maximum atomic E-state index is 11.1. The number of hydrogen-bond donors (Lipinski definition) is 3. The van der Waals surface area contributed by atoms with Crippen molar-refractivity contribution in [3.05, 3.63) is 12.2 Å². The Labute approximate surface area is 162 Å². The van der Waals surface area contributed by atoms with Gasteiger partial charge in [0, 0.05) is 6.42 Å². The van der Waals surface area contributed by atoms with Crippen LogP contribution in [0.2, 0.25) is 0 Å². The largest absolute Gasteiger partial charge is 0.477 e. The van der Waals surface area contributed by atoms with Gasteiger partial charge < -0.3 is 15.3 Å². The molecule has 0 aliphatic rings. The van der Waals surface area contributed by atoms with E-state index in [-0.39, 0.29) is 6.54 Å². The van der Waals surface area contributed by atoms with Crippen LogP contribution in [0.4, 0.5) is 0 Å². The fraction of sp³-hybridized carbons (Fsp3) is 0.750. The van der Waals surface area contributed by atoms with Gasteiger partial charge in [-0.15, -0.1) is 0 Å². The molecular formula is C20H36NO6+. The number of rotatable bonds is 18. The molecule has 7 heteroatoms. The lowest BCUT2D eigenvalue weighted by molar-refractivity contribution is -0.907. The maximum absolute atomic E-state index is 11.1. The Morgan fingerprint density at radius 1 is 0.667 bits per heavy atom. The molecule has 0 heterocycles. The Bertz CT molecular complexity index is 434. The molecule has 0 radical (unpaired) electrons. The zero-order valence-corrected chi connectivity index (χ0v) is 16.6. The summed E-state index contributed by atoms with van der Waals surface area (Å²) in [7, 11) is 0. The van der Waals surface area contributed by atoms with E-state index in [1.165, 1.54) is 44.9 Å². The van der Waals surface area contributed by atoms with Crippen LogP contribution in [0, 0.1) is 0 Å². The van der Waals surface area contributed by atoms with Gasteiger partial charge >= 0.3 is 17.9 Å². The first-order valence-corrected chi connectivity index (χ1v) is 9.97. The van der Waals surface area contributed by atoms with Crippen molar-refractivity contribution in [2.24, 2.45) is 0 Å². The Balaban J connectivity index is 4.23. The average molecular weight is 387 g/mol. The predicted octanol–water partition coefficient (Wildman–Crippen LogP) is 3.53. The first-order chi connectivity index (χ1) is 12.8. The van der Waals surface area contributed by atoms with Gasteiger partial charge in [-0.25, -0.2) is 14.4 Å². The summed E-state index contributed by atoms with van der Waals surface area (Å²) < 4.78 is -0.484. The lowest BCUT2D eigenvalue weighted by Gasteiger charge is -2.33. The van der Waals surface area contributed by atoms with Gasteiger partial charge in [-0.05, 0) is 12.8 Å². The minimum absolute atomic E-state index is 0.179. The van der Waals surface area contributed by atoms with Crippen molar-refractivity contribution < 1.29 is 34.2 Å². The highest BCUT2D eigenvalue weighted by Crippen LogP contribution is 2.11. The van der Waals surface area contributed by atoms with Crippen molar-refractivity contribution in [2.75, 3.05) is 26.2 Å². The van der Waals surface area contributed by atoms with Crippen LogP contribution in [-0.4, -0.2) is 63.9 Å². The Morgan fingerprint density at radius 2 is 1.07 bits per heavy atom. The molecule has 0 aliphatic carbocycles. The molecule has 0 aliphatic heterocycles. The molecule has 7 nitrogen and oxygen atoms in total. The molecule has 27 heavy (non-hydrogen) atoms. The van der Waals surface area contributed by atoms with Crippen LogP contribution in [0.1, 0.15) is 71.1 Å². The van der Waals surface area contributed by atoms with Crippen LogP contribution in [0.15, 0.2) is 12.2 Å². The van der Waals surface area contributed by atoms with Gasteiger partial charge in [-0.2, -0.15) is 0 Å². The second kappa shape index (κ2) is 15.2. The zero-order chi connectivity index (χ0) is 20.5. The highest BCUT2D eigenvalue weighted by atomic mass is 16.4. The summed E-state index contributed by atoms with van der Waals surface area (Å²) in [5.74, 6) is -3.58. The van der Waals surface area contributed by atoms with E-state index in [9.17, 15) is 14.4 Å². The van der Waals surface area contributed by atoms with Gasteiger partial charge in [0.1, 0.15) is 0 Å². The van der Waals surface area contributed by atoms with Gasteiger partial charge in [0.25, 0.3) is 0 Å². The van der Waals surface area contributed by atoms with Crippen LogP contribution in [0.5, 0.6) is 0 Å². The molecule has 0 fully saturated rings. The lowest BCUT2D eigenvalue weighted by atomic mass is 10.1. The molecule has 0 spiro atoms. The third-order valence-corrected chi connectivity index (χ3v) is 4.57. The number of carboxylic acids is 3. The van der Waals surface area contributed by atoms with Crippen LogP contribution >= 0.6 is 0 Å². The first kappa shape index (κ1) is 25.1. The smallest absolute Gasteiger partial charge is 0.359 e. The van der Waals surface area contributed by atoms with Crippen molar-refractivity contribution in [3.8, 4) is 0 Å². The molecule has 3 N–H and O–H groups in total. The molecule has 0 aromatic carbocycles. The predicted molar refractivity (Wildman–Crippen MR) is 104 cm³/mol. The Hall–Kier alpha value is -1.89. The zero-order valence-electron chi connectivity index (χ0n) is 16.6. The monoisotopic (exact) mass is 386 g/mol. The van der Waals surface area contributed by atoms with Gasteiger partial charge in [0.15, 0.2) is 19.6 Å².